The average Bonchev–Trinajstić information content (AvgIpc) is 2.74. The first kappa shape index (κ1) is 23.5. The van der Waals surface area contributed by atoms with Crippen LogP contribution >= 0.6 is 0 Å². The molecule has 0 aromatic heterocycles. The van der Waals surface area contributed by atoms with Crippen molar-refractivity contribution in [2.24, 2.45) is 0 Å². The van der Waals surface area contributed by atoms with Crippen molar-refractivity contribution in [1.82, 2.24) is 10.6 Å². The number of nitrogens with zero attached hydrogens (tertiary/aromatic N) is 1. The van der Waals surface area contributed by atoms with Gasteiger partial charge in [-0.25, -0.2) is 4.39 Å². The predicted molar refractivity (Wildman–Crippen MR) is 109 cm³/mol. The zero-order chi connectivity index (χ0) is 23.0. The number of hydrogen-bond donors (Lipinski definition) is 2. The van der Waals surface area contributed by atoms with Gasteiger partial charge in [0.2, 0.25) is 0 Å². The van der Waals surface area contributed by atoms with Gasteiger partial charge in [0.1, 0.15) is 5.82 Å². The number of non-ortho nitro benzene ring substituents is 1. The van der Waals surface area contributed by atoms with E-state index in [0.717, 1.165) is 0 Å². The molecule has 0 heterocycles. The summed E-state index contributed by atoms with van der Waals surface area (Å²) >= 11 is 0. The lowest BCUT2D eigenvalue weighted by molar-refractivity contribution is -0.384. The number of nitro benzene ring substituents is 1. The quantitative estimate of drug-likeness (QED) is 0.357. The number of esters is 1. The first-order valence-electron chi connectivity index (χ1n) is 9.45. The second-order valence-electron chi connectivity index (χ2n) is 6.72. The van der Waals surface area contributed by atoms with Crippen LogP contribution in [0.5, 0.6) is 0 Å². The van der Waals surface area contributed by atoms with E-state index in [-0.39, 0.29) is 30.0 Å². The first-order chi connectivity index (χ1) is 14.7. The minimum absolute atomic E-state index is 0.0328. The summed E-state index contributed by atoms with van der Waals surface area (Å²) in [4.78, 5) is 46.2. The fourth-order valence-electron chi connectivity index (χ4n) is 2.59. The van der Waals surface area contributed by atoms with Gasteiger partial charge in [0.15, 0.2) is 6.10 Å². The smallest absolute Gasteiger partial charge is 0.308 e. The molecule has 0 saturated heterocycles. The highest BCUT2D eigenvalue weighted by molar-refractivity contribution is 5.94. The molecule has 31 heavy (non-hydrogen) atoms. The van der Waals surface area contributed by atoms with Crippen LogP contribution in [0.2, 0.25) is 0 Å². The van der Waals surface area contributed by atoms with E-state index in [0.29, 0.717) is 5.56 Å². The number of nitrogens with one attached hydrogen (secondary N) is 2. The third-order valence-electron chi connectivity index (χ3n) is 4.36. The van der Waals surface area contributed by atoms with Crippen molar-refractivity contribution in [2.45, 2.75) is 32.4 Å². The lowest BCUT2D eigenvalue weighted by Gasteiger charge is -2.18. The molecule has 0 radical (unpaired) electrons. The molecule has 2 amide bonds. The van der Waals surface area contributed by atoms with Crippen LogP contribution in [0.4, 0.5) is 10.1 Å². The predicted octanol–water partition coefficient (Wildman–Crippen LogP) is 2.66. The van der Waals surface area contributed by atoms with Crippen molar-refractivity contribution in [2.75, 3.05) is 6.54 Å². The molecule has 2 aromatic carbocycles. The van der Waals surface area contributed by atoms with Crippen LogP contribution in [0.1, 0.15) is 42.2 Å². The summed E-state index contributed by atoms with van der Waals surface area (Å²) in [5.74, 6) is -2.08. The summed E-state index contributed by atoms with van der Waals surface area (Å²) < 4.78 is 18.0. The number of carbonyl (C=O) groups excluding carboxylic acids is 3. The summed E-state index contributed by atoms with van der Waals surface area (Å²) in [5.41, 5.74) is 0.768. The Morgan fingerprint density at radius 2 is 1.68 bits per heavy atom. The molecule has 0 fully saturated rings. The third-order valence-corrected chi connectivity index (χ3v) is 4.36. The monoisotopic (exact) mass is 431 g/mol. The Morgan fingerprint density at radius 1 is 1.06 bits per heavy atom. The van der Waals surface area contributed by atoms with Crippen LogP contribution in [0, 0.1) is 15.9 Å². The van der Waals surface area contributed by atoms with E-state index in [1.54, 1.807) is 19.1 Å². The van der Waals surface area contributed by atoms with Crippen LogP contribution in [0.25, 0.3) is 0 Å². The third kappa shape index (κ3) is 7.18. The molecular weight excluding hydrogens is 409 g/mol. The molecule has 0 bridgehead atoms. The van der Waals surface area contributed by atoms with Gasteiger partial charge in [-0.2, -0.15) is 0 Å². The molecule has 2 aromatic rings. The van der Waals surface area contributed by atoms with Gasteiger partial charge >= 0.3 is 5.97 Å². The second-order valence-corrected chi connectivity index (χ2v) is 6.72. The Kier molecular flexibility index (Phi) is 8.18. The molecule has 164 valence electrons. The van der Waals surface area contributed by atoms with Crippen LogP contribution in [-0.4, -0.2) is 35.4 Å². The standard InChI is InChI=1S/C21H22FN3O6/c1-13(15-3-7-17(22)8-4-15)24-20(27)14(2)31-19(26)11-12-23-21(28)16-5-9-18(10-6-16)25(29)30/h3-10,13-14H,11-12H2,1-2H3,(H,23,28)(H,24,27)/t13-,14+/m1/s1. The zero-order valence-corrected chi connectivity index (χ0v) is 17.0. The van der Waals surface area contributed by atoms with Gasteiger partial charge in [-0.05, 0) is 43.7 Å². The molecule has 0 aliphatic carbocycles. The Morgan fingerprint density at radius 3 is 2.26 bits per heavy atom. The van der Waals surface area contributed by atoms with Crippen molar-refractivity contribution in [3.05, 3.63) is 75.6 Å². The van der Waals surface area contributed by atoms with E-state index in [1.807, 2.05) is 0 Å². The molecule has 0 aliphatic heterocycles. The van der Waals surface area contributed by atoms with E-state index in [2.05, 4.69) is 10.6 Å². The van der Waals surface area contributed by atoms with Crippen molar-refractivity contribution in [3.63, 3.8) is 0 Å². The van der Waals surface area contributed by atoms with Crippen molar-refractivity contribution in [1.29, 1.82) is 0 Å². The normalized spacial score (nSPS) is 12.4. The Balaban J connectivity index is 1.74. The summed E-state index contributed by atoms with van der Waals surface area (Å²) in [7, 11) is 0. The lowest BCUT2D eigenvalue weighted by Crippen LogP contribution is -2.37. The number of carbonyl (C=O) groups is 3. The molecular formula is C21H22FN3O6. The summed E-state index contributed by atoms with van der Waals surface area (Å²) in [6.45, 7) is 3.10. The van der Waals surface area contributed by atoms with E-state index >= 15 is 0 Å². The van der Waals surface area contributed by atoms with Crippen LogP contribution in [-0.2, 0) is 14.3 Å². The molecule has 0 spiro atoms. The average molecular weight is 431 g/mol. The number of ether oxygens (including phenoxy) is 1. The maximum atomic E-state index is 13.0. The first-order valence-corrected chi connectivity index (χ1v) is 9.45. The maximum Gasteiger partial charge on any atom is 0.308 e. The van der Waals surface area contributed by atoms with Crippen LogP contribution in [0.15, 0.2) is 48.5 Å². The Bertz CT molecular complexity index is 947. The largest absolute Gasteiger partial charge is 0.452 e. The SMILES string of the molecule is C[C@H](OC(=O)CCNC(=O)c1ccc([N+](=O)[O-])cc1)C(=O)N[C@H](C)c1ccc(F)cc1. The number of amides is 2. The van der Waals surface area contributed by atoms with Crippen molar-refractivity contribution in [3.8, 4) is 0 Å². The highest BCUT2D eigenvalue weighted by Gasteiger charge is 2.20. The number of hydrogen-bond acceptors (Lipinski definition) is 6. The van der Waals surface area contributed by atoms with E-state index in [4.69, 9.17) is 4.74 Å². The minimum Gasteiger partial charge on any atom is -0.452 e. The number of nitro groups is 1. The second kappa shape index (κ2) is 10.8. The lowest BCUT2D eigenvalue weighted by atomic mass is 10.1. The van der Waals surface area contributed by atoms with Gasteiger partial charge in [-0.1, -0.05) is 12.1 Å². The Hall–Kier alpha value is -3.82. The summed E-state index contributed by atoms with van der Waals surface area (Å²) in [5, 5.41) is 15.8. The summed E-state index contributed by atoms with van der Waals surface area (Å²) in [6, 6.07) is 10.3. The Labute approximate surface area is 177 Å². The van der Waals surface area contributed by atoms with Crippen LogP contribution in [0.3, 0.4) is 0 Å². The van der Waals surface area contributed by atoms with E-state index in [1.165, 1.54) is 43.3 Å². The zero-order valence-electron chi connectivity index (χ0n) is 17.0. The maximum absolute atomic E-state index is 13.0. The van der Waals surface area contributed by atoms with Crippen LogP contribution < -0.4 is 10.6 Å². The van der Waals surface area contributed by atoms with Gasteiger partial charge in [0.25, 0.3) is 17.5 Å². The van der Waals surface area contributed by atoms with Crippen molar-refractivity contribution < 1.29 is 28.4 Å². The molecule has 0 unspecified atom stereocenters. The van der Waals surface area contributed by atoms with Gasteiger partial charge in [0.05, 0.1) is 17.4 Å². The number of benzene rings is 2. The number of rotatable bonds is 9. The van der Waals surface area contributed by atoms with Gasteiger partial charge in [-0.15, -0.1) is 0 Å². The fraction of sp³-hybridized carbons (Fsp3) is 0.286. The highest BCUT2D eigenvalue weighted by Crippen LogP contribution is 2.14. The molecule has 2 N–H and O–H groups in total. The molecule has 9 nitrogen and oxygen atoms in total. The van der Waals surface area contributed by atoms with E-state index < -0.39 is 34.9 Å². The molecule has 10 heteroatoms. The highest BCUT2D eigenvalue weighted by atomic mass is 19.1. The van der Waals surface area contributed by atoms with Gasteiger partial charge in [0, 0.05) is 24.2 Å². The fourth-order valence-corrected chi connectivity index (χ4v) is 2.59. The summed E-state index contributed by atoms with van der Waals surface area (Å²) in [6.07, 6.45) is -1.22. The molecule has 0 aliphatic rings. The molecule has 0 saturated carbocycles. The van der Waals surface area contributed by atoms with E-state index in [9.17, 15) is 28.9 Å². The van der Waals surface area contributed by atoms with Crippen molar-refractivity contribution >= 4 is 23.5 Å². The van der Waals surface area contributed by atoms with Gasteiger partial charge < -0.3 is 15.4 Å². The minimum atomic E-state index is -1.05. The topological polar surface area (TPSA) is 128 Å². The number of halogens is 1. The molecule has 2 atom stereocenters. The molecule has 2 rings (SSSR count). The van der Waals surface area contributed by atoms with Gasteiger partial charge in [-0.3, -0.25) is 24.5 Å².